The first kappa shape index (κ1) is 30.0. The minimum atomic E-state index is -2.31. The molecule has 0 aliphatic rings. The third kappa shape index (κ3) is 9.33. The van der Waals surface area contributed by atoms with Crippen molar-refractivity contribution in [1.29, 1.82) is 0 Å². The van der Waals surface area contributed by atoms with Crippen LogP contribution in [0.3, 0.4) is 0 Å². The highest BCUT2D eigenvalue weighted by Gasteiger charge is 2.42. The zero-order valence-electron chi connectivity index (χ0n) is 19.9. The summed E-state index contributed by atoms with van der Waals surface area (Å²) < 4.78 is 13.6. The maximum atomic E-state index is 12.7. The Morgan fingerprint density at radius 2 is 1.71 bits per heavy atom. The molecule has 3 atom stereocenters. The average molecular weight is 538 g/mol. The standard InChI is InChI=1S/C23H31Cl3N2O6/c1-14(2)18(13-34-12-15-7-9-16(32-5)10-8-15)17(11-19(29)28(3)4)20(21(30)33-6)27-22(31)23(24,25)26/h7-10,17-18,20H,1,11-13H2,2-6H3,(H,27,31)/t17-,18+,20-/m0/s1. The minimum absolute atomic E-state index is 0.115. The molecule has 8 nitrogen and oxygen atoms in total. The second-order valence-electron chi connectivity index (χ2n) is 7.94. The molecule has 0 unspecified atom stereocenters. The van der Waals surface area contributed by atoms with Gasteiger partial charge in [-0.3, -0.25) is 9.59 Å². The van der Waals surface area contributed by atoms with Gasteiger partial charge in [0.1, 0.15) is 11.8 Å². The Labute approximate surface area is 215 Å². The summed E-state index contributed by atoms with van der Waals surface area (Å²) in [5.41, 5.74) is 1.54. The van der Waals surface area contributed by atoms with E-state index < -0.39 is 33.5 Å². The van der Waals surface area contributed by atoms with E-state index in [1.165, 1.54) is 4.90 Å². The van der Waals surface area contributed by atoms with E-state index in [4.69, 9.17) is 49.0 Å². The van der Waals surface area contributed by atoms with Gasteiger partial charge in [-0.1, -0.05) is 59.1 Å². The van der Waals surface area contributed by atoms with Crippen LogP contribution in [-0.4, -0.2) is 67.4 Å². The van der Waals surface area contributed by atoms with Crippen molar-refractivity contribution in [3.8, 4) is 5.75 Å². The monoisotopic (exact) mass is 536 g/mol. The molecule has 0 spiro atoms. The molecule has 1 aromatic rings. The van der Waals surface area contributed by atoms with Crippen LogP contribution in [0.2, 0.25) is 0 Å². The second-order valence-corrected chi connectivity index (χ2v) is 10.2. The molecule has 0 radical (unpaired) electrons. The van der Waals surface area contributed by atoms with Gasteiger partial charge in [0.2, 0.25) is 5.91 Å². The molecule has 1 aromatic carbocycles. The molecule has 0 saturated heterocycles. The Hall–Kier alpha value is -2.00. The van der Waals surface area contributed by atoms with Crippen molar-refractivity contribution < 1.29 is 28.6 Å². The molecule has 1 rings (SSSR count). The number of hydrogen-bond acceptors (Lipinski definition) is 6. The van der Waals surface area contributed by atoms with Crippen LogP contribution in [0.15, 0.2) is 36.4 Å². The van der Waals surface area contributed by atoms with Gasteiger partial charge in [-0.15, -0.1) is 0 Å². The molecule has 2 amide bonds. The van der Waals surface area contributed by atoms with E-state index in [1.807, 2.05) is 24.3 Å². The van der Waals surface area contributed by atoms with Crippen molar-refractivity contribution >= 4 is 52.6 Å². The summed E-state index contributed by atoms with van der Waals surface area (Å²) in [6, 6.07) is 6.06. The topological polar surface area (TPSA) is 94.2 Å². The van der Waals surface area contributed by atoms with E-state index in [1.54, 1.807) is 28.1 Å². The number of alkyl halides is 3. The Kier molecular flexibility index (Phi) is 12.2. The number of esters is 1. The summed E-state index contributed by atoms with van der Waals surface area (Å²) in [5.74, 6) is -2.66. The van der Waals surface area contributed by atoms with E-state index in [9.17, 15) is 14.4 Å². The highest BCUT2D eigenvalue weighted by molar-refractivity contribution is 6.76. The first-order chi connectivity index (χ1) is 15.8. The number of carbonyl (C=O) groups is 3. The Morgan fingerprint density at radius 3 is 2.15 bits per heavy atom. The second kappa shape index (κ2) is 13.8. The molecule has 0 fully saturated rings. The molecule has 0 aliphatic carbocycles. The summed E-state index contributed by atoms with van der Waals surface area (Å²) in [6.07, 6.45) is -0.115. The first-order valence-corrected chi connectivity index (χ1v) is 11.5. The van der Waals surface area contributed by atoms with Crippen molar-refractivity contribution in [3.63, 3.8) is 0 Å². The fourth-order valence-electron chi connectivity index (χ4n) is 3.22. The van der Waals surface area contributed by atoms with Gasteiger partial charge >= 0.3 is 5.97 Å². The van der Waals surface area contributed by atoms with Crippen molar-refractivity contribution in [2.45, 2.75) is 29.8 Å². The summed E-state index contributed by atoms with van der Waals surface area (Å²) in [7, 11) is 5.92. The molecule has 0 bridgehead atoms. The third-order valence-electron chi connectivity index (χ3n) is 5.21. The van der Waals surface area contributed by atoms with E-state index in [0.29, 0.717) is 5.57 Å². The lowest BCUT2D eigenvalue weighted by molar-refractivity contribution is -0.148. The van der Waals surface area contributed by atoms with Crippen LogP contribution in [0.1, 0.15) is 18.9 Å². The molecule has 11 heteroatoms. The van der Waals surface area contributed by atoms with Gasteiger partial charge in [-0.05, 0) is 24.6 Å². The van der Waals surface area contributed by atoms with Gasteiger partial charge < -0.3 is 24.4 Å². The van der Waals surface area contributed by atoms with Crippen LogP contribution in [0.4, 0.5) is 0 Å². The quantitative estimate of drug-likeness (QED) is 0.249. The van der Waals surface area contributed by atoms with Gasteiger partial charge in [0.05, 0.1) is 27.4 Å². The Morgan fingerprint density at radius 1 is 1.12 bits per heavy atom. The number of benzene rings is 1. The lowest BCUT2D eigenvalue weighted by Gasteiger charge is -2.34. The maximum absolute atomic E-state index is 12.7. The number of nitrogens with zero attached hydrogens (tertiary/aromatic N) is 1. The van der Waals surface area contributed by atoms with E-state index in [0.717, 1.165) is 18.4 Å². The van der Waals surface area contributed by atoms with Crippen LogP contribution in [0, 0.1) is 11.8 Å². The summed E-state index contributed by atoms with van der Waals surface area (Å²) in [6.45, 7) is 6.14. The Bertz CT molecular complexity index is 855. The number of carbonyl (C=O) groups excluding carboxylic acids is 3. The molecule has 0 aromatic heterocycles. The molecule has 0 heterocycles. The largest absolute Gasteiger partial charge is 0.497 e. The maximum Gasteiger partial charge on any atom is 0.328 e. The third-order valence-corrected chi connectivity index (χ3v) is 5.73. The van der Waals surface area contributed by atoms with Crippen molar-refractivity contribution in [1.82, 2.24) is 10.2 Å². The number of nitrogens with one attached hydrogen (secondary N) is 1. The lowest BCUT2D eigenvalue weighted by Crippen LogP contribution is -2.53. The van der Waals surface area contributed by atoms with Gasteiger partial charge in [-0.2, -0.15) is 0 Å². The fraction of sp³-hybridized carbons (Fsp3) is 0.522. The molecular formula is C23H31Cl3N2O6. The SMILES string of the molecule is C=C(C)[C@@H](COCc1ccc(OC)cc1)[C@H](CC(=O)N(C)C)[C@H](NC(=O)C(Cl)(Cl)Cl)C(=O)OC. The minimum Gasteiger partial charge on any atom is -0.497 e. The van der Waals surface area contributed by atoms with Crippen LogP contribution in [0.5, 0.6) is 5.75 Å². The number of methoxy groups -OCH3 is 2. The summed E-state index contributed by atoms with van der Waals surface area (Å²) in [4.78, 5) is 39.1. The van der Waals surface area contributed by atoms with Crippen molar-refractivity contribution in [3.05, 3.63) is 42.0 Å². The normalized spacial score (nSPS) is 13.9. The van der Waals surface area contributed by atoms with E-state index >= 15 is 0 Å². The number of ether oxygens (including phenoxy) is 3. The fourth-order valence-corrected chi connectivity index (χ4v) is 3.39. The summed E-state index contributed by atoms with van der Waals surface area (Å²) in [5, 5.41) is 2.42. The first-order valence-electron chi connectivity index (χ1n) is 10.3. The van der Waals surface area contributed by atoms with Crippen LogP contribution in [0.25, 0.3) is 0 Å². The summed E-state index contributed by atoms with van der Waals surface area (Å²) >= 11 is 17.1. The van der Waals surface area contributed by atoms with Crippen LogP contribution in [-0.2, 0) is 30.5 Å². The van der Waals surface area contributed by atoms with Gasteiger partial charge in [-0.25, -0.2) is 4.79 Å². The molecular weight excluding hydrogens is 507 g/mol. The number of halogens is 3. The Balaban J connectivity index is 3.21. The van der Waals surface area contributed by atoms with Crippen molar-refractivity contribution in [2.75, 3.05) is 34.9 Å². The van der Waals surface area contributed by atoms with Crippen LogP contribution >= 0.6 is 34.8 Å². The predicted molar refractivity (Wildman–Crippen MR) is 132 cm³/mol. The molecule has 0 saturated carbocycles. The van der Waals surface area contributed by atoms with Crippen LogP contribution < -0.4 is 10.1 Å². The highest BCUT2D eigenvalue weighted by atomic mass is 35.6. The molecule has 34 heavy (non-hydrogen) atoms. The molecule has 190 valence electrons. The predicted octanol–water partition coefficient (Wildman–Crippen LogP) is 3.53. The molecule has 1 N–H and O–H groups in total. The van der Waals surface area contributed by atoms with E-state index in [2.05, 4.69) is 11.9 Å². The highest BCUT2D eigenvalue weighted by Crippen LogP contribution is 2.31. The smallest absolute Gasteiger partial charge is 0.328 e. The van der Waals surface area contributed by atoms with E-state index in [-0.39, 0.29) is 25.5 Å². The van der Waals surface area contributed by atoms with Gasteiger partial charge in [0.15, 0.2) is 0 Å². The molecule has 0 aliphatic heterocycles. The average Bonchev–Trinajstić information content (AvgIpc) is 2.77. The van der Waals surface area contributed by atoms with Gasteiger partial charge in [0.25, 0.3) is 9.70 Å². The van der Waals surface area contributed by atoms with Crippen molar-refractivity contribution in [2.24, 2.45) is 11.8 Å². The zero-order chi connectivity index (χ0) is 26.1. The lowest BCUT2D eigenvalue weighted by atomic mass is 9.79. The number of rotatable bonds is 12. The van der Waals surface area contributed by atoms with Gasteiger partial charge in [0, 0.05) is 32.4 Å². The number of amides is 2. The zero-order valence-corrected chi connectivity index (χ0v) is 22.2. The number of hydrogen-bond donors (Lipinski definition) is 1.